The number of halogens is 2. The summed E-state index contributed by atoms with van der Waals surface area (Å²) in [6.45, 7) is 3.08. The van der Waals surface area contributed by atoms with Gasteiger partial charge in [-0.25, -0.2) is 0 Å². The number of nitrogens with zero attached hydrogens (tertiary/aromatic N) is 2. The van der Waals surface area contributed by atoms with Gasteiger partial charge < -0.3 is 9.80 Å². The zero-order chi connectivity index (χ0) is 20.4. The van der Waals surface area contributed by atoms with Gasteiger partial charge in [-0.2, -0.15) is 0 Å². The maximum absolute atomic E-state index is 12.7. The number of hydrogen-bond acceptors (Lipinski definition) is 2. The van der Waals surface area contributed by atoms with E-state index in [9.17, 15) is 9.59 Å². The summed E-state index contributed by atoms with van der Waals surface area (Å²) in [4.78, 5) is 29.0. The molecule has 0 bridgehead atoms. The molecule has 0 N–H and O–H groups in total. The van der Waals surface area contributed by atoms with E-state index in [1.165, 1.54) is 0 Å². The lowest BCUT2D eigenvalue weighted by atomic mass is 9.72. The van der Waals surface area contributed by atoms with Gasteiger partial charge in [0.05, 0.1) is 0 Å². The molecule has 150 valence electrons. The van der Waals surface area contributed by atoms with Gasteiger partial charge in [0.25, 0.3) is 5.91 Å². The monoisotopic (exact) mass is 516 g/mol. The summed E-state index contributed by atoms with van der Waals surface area (Å²) >= 11 is 6.84. The fraction of sp³-hybridized carbons (Fsp3) is 0.304. The van der Waals surface area contributed by atoms with E-state index in [-0.39, 0.29) is 17.2 Å². The zero-order valence-corrected chi connectivity index (χ0v) is 19.2. The first-order valence-corrected chi connectivity index (χ1v) is 11.3. The fourth-order valence-corrected chi connectivity index (χ4v) is 4.73. The van der Waals surface area contributed by atoms with Crippen molar-refractivity contribution in [3.8, 4) is 0 Å². The first kappa shape index (κ1) is 20.4. The Hall–Kier alpha value is -1.92. The van der Waals surface area contributed by atoms with Crippen LogP contribution in [0.25, 0.3) is 6.08 Å². The quantitative estimate of drug-likeness (QED) is 0.538. The van der Waals surface area contributed by atoms with Crippen LogP contribution in [-0.2, 0) is 4.79 Å². The Morgan fingerprint density at radius 2 is 1.59 bits per heavy atom. The smallest absolute Gasteiger partial charge is 0.253 e. The molecular weight excluding hydrogens is 496 g/mol. The van der Waals surface area contributed by atoms with Crippen molar-refractivity contribution in [2.45, 2.75) is 12.8 Å². The molecule has 29 heavy (non-hydrogen) atoms. The minimum absolute atomic E-state index is 0.0613. The highest BCUT2D eigenvalue weighted by Gasteiger charge is 2.46. The molecule has 4 nitrogen and oxygen atoms in total. The van der Waals surface area contributed by atoms with Crippen LogP contribution in [0, 0.1) is 5.41 Å². The molecule has 0 saturated carbocycles. The number of likely N-dealkylation sites (tertiary alicyclic amines) is 2. The molecule has 0 unspecified atom stereocenters. The molecular formula is C23H22Br2N2O2. The Bertz CT molecular complexity index is 940. The van der Waals surface area contributed by atoms with Crippen LogP contribution in [0.15, 0.2) is 63.6 Å². The van der Waals surface area contributed by atoms with Crippen LogP contribution in [-0.4, -0.2) is 47.8 Å². The lowest BCUT2D eigenvalue weighted by Gasteiger charge is -2.53. The Morgan fingerprint density at radius 1 is 0.897 bits per heavy atom. The average Bonchev–Trinajstić information content (AvgIpc) is 2.71. The lowest BCUT2D eigenvalue weighted by Crippen LogP contribution is -2.62. The summed E-state index contributed by atoms with van der Waals surface area (Å²) in [5.74, 6) is 0.150. The molecule has 1 spiro atoms. The summed E-state index contributed by atoms with van der Waals surface area (Å²) in [6, 6.07) is 15.4. The molecule has 2 aromatic carbocycles. The molecule has 4 rings (SSSR count). The second-order valence-electron chi connectivity index (χ2n) is 7.88. The third-order valence-corrected chi connectivity index (χ3v) is 6.86. The van der Waals surface area contributed by atoms with E-state index in [1.54, 1.807) is 6.08 Å². The van der Waals surface area contributed by atoms with Gasteiger partial charge in [-0.15, -0.1) is 0 Å². The number of amides is 2. The normalized spacial score (nSPS) is 18.1. The van der Waals surface area contributed by atoms with Crippen molar-refractivity contribution in [2.24, 2.45) is 5.41 Å². The Kier molecular flexibility index (Phi) is 5.93. The van der Waals surface area contributed by atoms with Gasteiger partial charge in [0, 0.05) is 52.2 Å². The van der Waals surface area contributed by atoms with E-state index in [4.69, 9.17) is 0 Å². The predicted molar refractivity (Wildman–Crippen MR) is 121 cm³/mol. The van der Waals surface area contributed by atoms with Gasteiger partial charge >= 0.3 is 0 Å². The molecule has 6 heteroatoms. The molecule has 2 heterocycles. The van der Waals surface area contributed by atoms with E-state index in [1.807, 2.05) is 64.4 Å². The molecule has 2 fully saturated rings. The van der Waals surface area contributed by atoms with E-state index in [0.717, 1.165) is 59.1 Å². The number of benzene rings is 2. The third kappa shape index (κ3) is 4.64. The summed E-state index contributed by atoms with van der Waals surface area (Å²) in [5.41, 5.74) is 1.91. The Balaban J connectivity index is 1.28. The third-order valence-electron chi connectivity index (χ3n) is 5.84. The number of carbonyl (C=O) groups is 2. The van der Waals surface area contributed by atoms with Crippen LogP contribution >= 0.6 is 31.9 Å². The molecule has 0 aliphatic carbocycles. The SMILES string of the molecule is O=C(C=Cc1ccc(Br)cc1)N1CC2(CCN(C(=O)c3cccc(Br)c3)CC2)C1. The van der Waals surface area contributed by atoms with Crippen LogP contribution in [0.5, 0.6) is 0 Å². The Morgan fingerprint density at radius 3 is 2.24 bits per heavy atom. The number of carbonyl (C=O) groups excluding carboxylic acids is 2. The number of piperidine rings is 1. The molecule has 2 saturated heterocycles. The van der Waals surface area contributed by atoms with Gasteiger partial charge in [-0.1, -0.05) is 50.1 Å². The fourth-order valence-electron chi connectivity index (χ4n) is 4.07. The zero-order valence-electron chi connectivity index (χ0n) is 16.0. The molecule has 0 atom stereocenters. The van der Waals surface area contributed by atoms with Gasteiger partial charge in [-0.05, 0) is 54.8 Å². The van der Waals surface area contributed by atoms with Crippen molar-refractivity contribution >= 4 is 49.8 Å². The standard InChI is InChI=1S/C23H22Br2N2O2/c24-19-7-4-17(5-8-19)6-9-21(28)27-15-23(16-27)10-12-26(13-11-23)22(29)18-2-1-3-20(25)14-18/h1-9,14H,10-13,15-16H2. The van der Waals surface area contributed by atoms with Gasteiger partial charge in [0.2, 0.25) is 5.91 Å². The highest BCUT2D eigenvalue weighted by molar-refractivity contribution is 9.10. The highest BCUT2D eigenvalue weighted by atomic mass is 79.9. The van der Waals surface area contributed by atoms with Crippen LogP contribution in [0.1, 0.15) is 28.8 Å². The van der Waals surface area contributed by atoms with Crippen LogP contribution < -0.4 is 0 Å². The van der Waals surface area contributed by atoms with E-state index < -0.39 is 0 Å². The van der Waals surface area contributed by atoms with Crippen LogP contribution in [0.4, 0.5) is 0 Å². The van der Waals surface area contributed by atoms with Crippen molar-refractivity contribution in [1.29, 1.82) is 0 Å². The molecule has 2 aliphatic heterocycles. The van der Waals surface area contributed by atoms with Crippen molar-refractivity contribution < 1.29 is 9.59 Å². The largest absolute Gasteiger partial charge is 0.339 e. The van der Waals surface area contributed by atoms with Gasteiger partial charge in [0.15, 0.2) is 0 Å². The summed E-state index contributed by atoms with van der Waals surface area (Å²) in [6.07, 6.45) is 5.42. The van der Waals surface area contributed by atoms with Crippen molar-refractivity contribution in [2.75, 3.05) is 26.2 Å². The summed E-state index contributed by atoms with van der Waals surface area (Å²) in [5, 5.41) is 0. The van der Waals surface area contributed by atoms with Gasteiger partial charge in [0.1, 0.15) is 0 Å². The Labute approximate surface area is 187 Å². The van der Waals surface area contributed by atoms with E-state index in [2.05, 4.69) is 31.9 Å². The maximum atomic E-state index is 12.7. The van der Waals surface area contributed by atoms with Crippen LogP contribution in [0.3, 0.4) is 0 Å². The molecule has 2 amide bonds. The number of rotatable bonds is 3. The van der Waals surface area contributed by atoms with Crippen molar-refractivity contribution in [1.82, 2.24) is 9.80 Å². The summed E-state index contributed by atoms with van der Waals surface area (Å²) < 4.78 is 1.94. The van der Waals surface area contributed by atoms with Crippen molar-refractivity contribution in [3.05, 3.63) is 74.7 Å². The molecule has 0 aromatic heterocycles. The lowest BCUT2D eigenvalue weighted by molar-refractivity contribution is -0.140. The minimum atomic E-state index is 0.0613. The van der Waals surface area contributed by atoms with E-state index >= 15 is 0 Å². The second-order valence-corrected chi connectivity index (χ2v) is 9.71. The van der Waals surface area contributed by atoms with Crippen molar-refractivity contribution in [3.63, 3.8) is 0 Å². The maximum Gasteiger partial charge on any atom is 0.253 e. The van der Waals surface area contributed by atoms with Crippen LogP contribution in [0.2, 0.25) is 0 Å². The second kappa shape index (κ2) is 8.44. The average molecular weight is 518 g/mol. The van der Waals surface area contributed by atoms with Gasteiger partial charge in [-0.3, -0.25) is 9.59 Å². The first-order valence-electron chi connectivity index (χ1n) is 9.72. The molecule has 0 radical (unpaired) electrons. The predicted octanol–water partition coefficient (Wildman–Crippen LogP) is 4.99. The molecule has 2 aliphatic rings. The van der Waals surface area contributed by atoms with E-state index in [0.29, 0.717) is 0 Å². The topological polar surface area (TPSA) is 40.6 Å². The number of hydrogen-bond donors (Lipinski definition) is 0. The summed E-state index contributed by atoms with van der Waals surface area (Å²) in [7, 11) is 0. The molecule has 2 aromatic rings. The highest BCUT2D eigenvalue weighted by Crippen LogP contribution is 2.40. The minimum Gasteiger partial charge on any atom is -0.339 e. The first-order chi connectivity index (χ1) is 13.9.